The minimum absolute atomic E-state index is 0.00263. The molecule has 0 fully saturated rings. The highest BCUT2D eigenvalue weighted by Crippen LogP contribution is 2.31. The van der Waals surface area contributed by atoms with Gasteiger partial charge < -0.3 is 23.7 Å². The van der Waals surface area contributed by atoms with Crippen molar-refractivity contribution in [3.8, 4) is 11.5 Å². The monoisotopic (exact) mass is 256 g/mol. The van der Waals surface area contributed by atoms with Crippen molar-refractivity contribution in [3.63, 3.8) is 0 Å². The third kappa shape index (κ3) is 3.61. The fraction of sp³-hybridized carbons (Fsp3) is 0.417. The molecule has 1 rings (SSSR count). The summed E-state index contributed by atoms with van der Waals surface area (Å²) < 4.78 is 24.9. The zero-order chi connectivity index (χ0) is 13.4. The molecular weight excluding hydrogens is 240 g/mol. The quantitative estimate of drug-likeness (QED) is 0.543. The third-order valence-electron chi connectivity index (χ3n) is 2.04. The highest BCUT2D eigenvalue weighted by atomic mass is 16.7. The standard InChI is InChI=1S/C12H16O6/c1-14-7-17-10-6-4-5-9(12(13)16-3)11(10)18-8-15-2/h4-6H,7-8H2,1-3H3. The van der Waals surface area contributed by atoms with Gasteiger partial charge in [0.1, 0.15) is 5.56 Å². The van der Waals surface area contributed by atoms with E-state index in [0.717, 1.165) is 0 Å². The van der Waals surface area contributed by atoms with E-state index in [9.17, 15) is 4.79 Å². The van der Waals surface area contributed by atoms with Gasteiger partial charge in [0.25, 0.3) is 0 Å². The molecule has 0 aliphatic rings. The Hall–Kier alpha value is -1.79. The van der Waals surface area contributed by atoms with Crippen molar-refractivity contribution >= 4 is 5.97 Å². The second-order valence-electron chi connectivity index (χ2n) is 3.23. The summed E-state index contributed by atoms with van der Waals surface area (Å²) in [5.41, 5.74) is 0.267. The molecule has 0 aliphatic heterocycles. The fourth-order valence-electron chi connectivity index (χ4n) is 1.29. The first-order valence-electron chi connectivity index (χ1n) is 5.19. The lowest BCUT2D eigenvalue weighted by molar-refractivity contribution is 0.0303. The van der Waals surface area contributed by atoms with Crippen molar-refractivity contribution in [2.75, 3.05) is 34.9 Å². The van der Waals surface area contributed by atoms with Crippen LogP contribution in [0.2, 0.25) is 0 Å². The lowest BCUT2D eigenvalue weighted by atomic mass is 10.2. The molecule has 18 heavy (non-hydrogen) atoms. The van der Waals surface area contributed by atoms with Gasteiger partial charge in [-0.3, -0.25) is 0 Å². The fourth-order valence-corrected chi connectivity index (χ4v) is 1.29. The van der Waals surface area contributed by atoms with Gasteiger partial charge >= 0.3 is 5.97 Å². The van der Waals surface area contributed by atoms with Gasteiger partial charge in [-0.05, 0) is 12.1 Å². The van der Waals surface area contributed by atoms with E-state index in [1.807, 2.05) is 0 Å². The van der Waals surface area contributed by atoms with Gasteiger partial charge in [0, 0.05) is 14.2 Å². The van der Waals surface area contributed by atoms with E-state index in [0.29, 0.717) is 5.75 Å². The normalized spacial score (nSPS) is 9.94. The van der Waals surface area contributed by atoms with Crippen LogP contribution in [0.5, 0.6) is 11.5 Å². The first kappa shape index (κ1) is 14.3. The Labute approximate surface area is 105 Å². The van der Waals surface area contributed by atoms with E-state index in [1.54, 1.807) is 18.2 Å². The number of carbonyl (C=O) groups excluding carboxylic acids is 1. The van der Waals surface area contributed by atoms with Crippen molar-refractivity contribution in [3.05, 3.63) is 23.8 Å². The van der Waals surface area contributed by atoms with Crippen molar-refractivity contribution in [2.24, 2.45) is 0 Å². The van der Waals surface area contributed by atoms with Gasteiger partial charge in [-0.2, -0.15) is 0 Å². The molecular formula is C12H16O6. The Balaban J connectivity index is 3.04. The number of hydrogen-bond donors (Lipinski definition) is 0. The predicted molar refractivity (Wildman–Crippen MR) is 62.8 cm³/mol. The van der Waals surface area contributed by atoms with E-state index in [4.69, 9.17) is 18.9 Å². The maximum absolute atomic E-state index is 11.6. The van der Waals surface area contributed by atoms with Crippen LogP contribution >= 0.6 is 0 Å². The highest BCUT2D eigenvalue weighted by Gasteiger charge is 2.17. The third-order valence-corrected chi connectivity index (χ3v) is 2.04. The summed E-state index contributed by atoms with van der Waals surface area (Å²) >= 11 is 0. The zero-order valence-electron chi connectivity index (χ0n) is 10.6. The minimum atomic E-state index is -0.510. The second kappa shape index (κ2) is 7.52. The summed E-state index contributed by atoms with van der Waals surface area (Å²) in [4.78, 5) is 11.6. The Morgan fingerprint density at radius 3 is 2.33 bits per heavy atom. The number of methoxy groups -OCH3 is 3. The molecule has 0 amide bonds. The van der Waals surface area contributed by atoms with E-state index in [1.165, 1.54) is 21.3 Å². The molecule has 0 spiro atoms. The molecule has 0 unspecified atom stereocenters. The van der Waals surface area contributed by atoms with Crippen LogP contribution in [0.4, 0.5) is 0 Å². The Kier molecular flexibility index (Phi) is 5.96. The molecule has 0 heterocycles. The summed E-state index contributed by atoms with van der Waals surface area (Å²) in [7, 11) is 4.28. The predicted octanol–water partition coefficient (Wildman–Crippen LogP) is 1.44. The number of ether oxygens (including phenoxy) is 5. The van der Waals surface area contributed by atoms with Crippen molar-refractivity contribution < 1.29 is 28.5 Å². The molecule has 0 atom stereocenters. The van der Waals surface area contributed by atoms with Gasteiger partial charge in [0.2, 0.25) is 0 Å². The average Bonchev–Trinajstić information content (AvgIpc) is 2.42. The molecule has 0 saturated heterocycles. The molecule has 0 radical (unpaired) electrons. The first-order valence-corrected chi connectivity index (χ1v) is 5.19. The van der Waals surface area contributed by atoms with Crippen LogP contribution in [0.1, 0.15) is 10.4 Å². The highest BCUT2D eigenvalue weighted by molar-refractivity contribution is 5.93. The SMILES string of the molecule is COCOc1cccc(C(=O)OC)c1OCOC. The number of para-hydroxylation sites is 1. The number of rotatable bonds is 7. The van der Waals surface area contributed by atoms with Crippen LogP contribution < -0.4 is 9.47 Å². The summed E-state index contributed by atoms with van der Waals surface area (Å²) in [5, 5.41) is 0. The van der Waals surface area contributed by atoms with E-state index in [-0.39, 0.29) is 24.9 Å². The number of carbonyl (C=O) groups is 1. The van der Waals surface area contributed by atoms with Gasteiger partial charge in [-0.15, -0.1) is 0 Å². The van der Waals surface area contributed by atoms with Crippen LogP contribution in [0, 0.1) is 0 Å². The van der Waals surface area contributed by atoms with Crippen LogP contribution in [-0.4, -0.2) is 40.9 Å². The molecule has 0 aromatic heterocycles. The van der Waals surface area contributed by atoms with Gasteiger partial charge in [0.15, 0.2) is 25.1 Å². The van der Waals surface area contributed by atoms with Crippen LogP contribution in [0.25, 0.3) is 0 Å². The molecule has 6 heteroatoms. The number of benzene rings is 1. The van der Waals surface area contributed by atoms with Crippen LogP contribution in [-0.2, 0) is 14.2 Å². The van der Waals surface area contributed by atoms with Gasteiger partial charge in [-0.1, -0.05) is 6.07 Å². The van der Waals surface area contributed by atoms with Gasteiger partial charge in [-0.25, -0.2) is 4.79 Å². The molecule has 6 nitrogen and oxygen atoms in total. The van der Waals surface area contributed by atoms with E-state index < -0.39 is 5.97 Å². The molecule has 0 N–H and O–H groups in total. The summed E-state index contributed by atoms with van der Waals surface area (Å²) in [5.74, 6) is 0.143. The van der Waals surface area contributed by atoms with E-state index >= 15 is 0 Å². The second-order valence-corrected chi connectivity index (χ2v) is 3.23. The topological polar surface area (TPSA) is 63.2 Å². The first-order chi connectivity index (χ1) is 8.74. The minimum Gasteiger partial charge on any atom is -0.465 e. The lowest BCUT2D eigenvalue weighted by Gasteiger charge is -2.14. The molecule has 1 aromatic rings. The average molecular weight is 256 g/mol. The van der Waals surface area contributed by atoms with Crippen molar-refractivity contribution in [1.29, 1.82) is 0 Å². The maximum atomic E-state index is 11.6. The van der Waals surface area contributed by atoms with Crippen molar-refractivity contribution in [1.82, 2.24) is 0 Å². The molecule has 0 aliphatic carbocycles. The number of esters is 1. The van der Waals surface area contributed by atoms with Crippen LogP contribution in [0.15, 0.2) is 18.2 Å². The van der Waals surface area contributed by atoms with Crippen molar-refractivity contribution in [2.45, 2.75) is 0 Å². The lowest BCUT2D eigenvalue weighted by Crippen LogP contribution is -2.10. The van der Waals surface area contributed by atoms with E-state index in [2.05, 4.69) is 4.74 Å². The zero-order valence-corrected chi connectivity index (χ0v) is 10.6. The molecule has 0 saturated carbocycles. The Bertz CT molecular complexity index is 390. The summed E-state index contributed by atoms with van der Waals surface area (Å²) in [6.07, 6.45) is 0. The molecule has 0 bridgehead atoms. The van der Waals surface area contributed by atoms with Gasteiger partial charge in [0.05, 0.1) is 7.11 Å². The smallest absolute Gasteiger partial charge is 0.341 e. The maximum Gasteiger partial charge on any atom is 0.341 e. The van der Waals surface area contributed by atoms with Crippen LogP contribution in [0.3, 0.4) is 0 Å². The Morgan fingerprint density at radius 2 is 1.72 bits per heavy atom. The summed E-state index contributed by atoms with van der Waals surface area (Å²) in [6, 6.07) is 4.91. The Morgan fingerprint density at radius 1 is 1.06 bits per heavy atom. The number of hydrogen-bond acceptors (Lipinski definition) is 6. The largest absolute Gasteiger partial charge is 0.465 e. The summed E-state index contributed by atoms with van der Waals surface area (Å²) in [6.45, 7) is 0.0469. The molecule has 100 valence electrons. The molecule has 1 aromatic carbocycles.